The Labute approximate surface area is 162 Å². The molecule has 3 aromatic rings. The topological polar surface area (TPSA) is 64.0 Å². The molecule has 27 heavy (non-hydrogen) atoms. The van der Waals surface area contributed by atoms with Crippen molar-refractivity contribution in [3.63, 3.8) is 0 Å². The summed E-state index contributed by atoms with van der Waals surface area (Å²) >= 11 is 5.96. The smallest absolute Gasteiger partial charge is 0.274 e. The van der Waals surface area contributed by atoms with E-state index in [4.69, 9.17) is 11.6 Å². The molecule has 6 heteroatoms. The number of fused-ring (bicyclic) bond motifs is 1. The van der Waals surface area contributed by atoms with E-state index >= 15 is 0 Å². The number of carbonyl (C=O) groups is 1. The Hall–Kier alpha value is -2.66. The molecule has 0 atom stereocenters. The predicted octanol–water partition coefficient (Wildman–Crippen LogP) is 4.10. The Morgan fingerprint density at radius 2 is 1.85 bits per heavy atom. The highest BCUT2D eigenvalue weighted by molar-refractivity contribution is 6.30. The normalized spacial score (nSPS) is 14.6. The first-order valence-corrected chi connectivity index (χ1v) is 9.55. The lowest BCUT2D eigenvalue weighted by molar-refractivity contribution is 0.0950. The van der Waals surface area contributed by atoms with E-state index < -0.39 is 0 Å². The van der Waals surface area contributed by atoms with E-state index in [1.807, 2.05) is 24.3 Å². The maximum atomic E-state index is 12.9. The highest BCUT2D eigenvalue weighted by Crippen LogP contribution is 2.28. The molecular weight excluding hydrogens is 362 g/mol. The zero-order chi connectivity index (χ0) is 18.8. The van der Waals surface area contributed by atoms with Crippen LogP contribution in [-0.2, 0) is 6.54 Å². The van der Waals surface area contributed by atoms with Gasteiger partial charge < -0.3 is 5.32 Å². The first-order valence-electron chi connectivity index (χ1n) is 9.17. The molecule has 1 N–H and O–H groups in total. The monoisotopic (exact) mass is 381 g/mol. The molecule has 4 rings (SSSR count). The van der Waals surface area contributed by atoms with E-state index in [0.29, 0.717) is 21.7 Å². The summed E-state index contributed by atoms with van der Waals surface area (Å²) in [5, 5.41) is 9.47. The molecule has 138 valence electrons. The Morgan fingerprint density at radius 1 is 1.11 bits per heavy atom. The number of aromatic nitrogens is 2. The predicted molar refractivity (Wildman–Crippen MR) is 106 cm³/mol. The molecule has 1 saturated carbocycles. The second-order valence-electron chi connectivity index (χ2n) is 6.87. The van der Waals surface area contributed by atoms with Crippen LogP contribution in [0.2, 0.25) is 5.02 Å². The summed E-state index contributed by atoms with van der Waals surface area (Å²) in [5.41, 5.74) is 1.14. The molecule has 1 heterocycles. The molecule has 0 bridgehead atoms. The van der Waals surface area contributed by atoms with Crippen molar-refractivity contribution in [1.82, 2.24) is 15.1 Å². The Kier molecular flexibility index (Phi) is 4.94. The van der Waals surface area contributed by atoms with Crippen molar-refractivity contribution in [2.24, 2.45) is 0 Å². The van der Waals surface area contributed by atoms with Crippen molar-refractivity contribution >= 4 is 28.3 Å². The zero-order valence-corrected chi connectivity index (χ0v) is 15.6. The molecule has 0 unspecified atom stereocenters. The Morgan fingerprint density at radius 3 is 2.59 bits per heavy atom. The summed E-state index contributed by atoms with van der Waals surface area (Å²) in [7, 11) is 0. The third kappa shape index (κ3) is 3.60. The minimum Gasteiger partial charge on any atom is -0.346 e. The van der Waals surface area contributed by atoms with Gasteiger partial charge in [-0.15, -0.1) is 0 Å². The number of nitrogens with zero attached hydrogens (tertiary/aromatic N) is 2. The summed E-state index contributed by atoms with van der Waals surface area (Å²) in [6.07, 6.45) is 4.18. The highest BCUT2D eigenvalue weighted by atomic mass is 35.5. The Bertz CT molecular complexity index is 1050. The van der Waals surface area contributed by atoms with Crippen LogP contribution in [0.1, 0.15) is 47.8 Å². The minimum atomic E-state index is -0.220. The maximum absolute atomic E-state index is 12.9. The average Bonchev–Trinajstić information content (AvgIpc) is 3.22. The van der Waals surface area contributed by atoms with Crippen molar-refractivity contribution in [2.45, 2.75) is 38.3 Å². The van der Waals surface area contributed by atoms with Crippen LogP contribution in [0, 0.1) is 0 Å². The van der Waals surface area contributed by atoms with Gasteiger partial charge in [-0.2, -0.15) is 5.10 Å². The number of nitrogens with one attached hydrogen (secondary N) is 1. The number of hydrogen-bond donors (Lipinski definition) is 1. The second-order valence-corrected chi connectivity index (χ2v) is 7.31. The number of benzene rings is 2. The van der Waals surface area contributed by atoms with Gasteiger partial charge in [0.05, 0.1) is 23.7 Å². The number of amides is 1. The lowest BCUT2D eigenvalue weighted by Crippen LogP contribution is -2.30. The van der Waals surface area contributed by atoms with Gasteiger partial charge in [0.2, 0.25) is 0 Å². The zero-order valence-electron chi connectivity index (χ0n) is 14.8. The van der Waals surface area contributed by atoms with E-state index in [9.17, 15) is 9.59 Å². The van der Waals surface area contributed by atoms with Crippen LogP contribution in [0.5, 0.6) is 0 Å². The number of rotatable bonds is 4. The molecule has 5 nitrogen and oxygen atoms in total. The quantitative estimate of drug-likeness (QED) is 0.740. The van der Waals surface area contributed by atoms with Gasteiger partial charge in [-0.05, 0) is 37.1 Å². The van der Waals surface area contributed by atoms with Gasteiger partial charge in [-0.25, -0.2) is 4.68 Å². The molecule has 2 aromatic carbocycles. The van der Waals surface area contributed by atoms with E-state index in [0.717, 1.165) is 31.1 Å². The lowest BCUT2D eigenvalue weighted by Gasteiger charge is -2.16. The summed E-state index contributed by atoms with van der Waals surface area (Å²) in [4.78, 5) is 25.3. The van der Waals surface area contributed by atoms with Crippen LogP contribution in [0.3, 0.4) is 0 Å². The van der Waals surface area contributed by atoms with Crippen LogP contribution in [-0.4, -0.2) is 15.7 Å². The Balaban J connectivity index is 1.67. The van der Waals surface area contributed by atoms with Crippen LogP contribution >= 0.6 is 11.6 Å². The van der Waals surface area contributed by atoms with Crippen molar-refractivity contribution in [3.05, 3.63) is 75.2 Å². The fraction of sp³-hybridized carbons (Fsp3) is 0.286. The SMILES string of the molecule is O=C(NCc1nn(C2CCCC2)c(=O)c2ccccc12)c1cccc(Cl)c1. The molecule has 1 aromatic heterocycles. The minimum absolute atomic E-state index is 0.0533. The van der Waals surface area contributed by atoms with Gasteiger partial charge >= 0.3 is 0 Å². The molecule has 0 aliphatic heterocycles. The molecule has 0 spiro atoms. The molecule has 0 radical (unpaired) electrons. The van der Waals surface area contributed by atoms with Gasteiger partial charge in [-0.3, -0.25) is 9.59 Å². The standard InChI is InChI=1S/C21H20ClN3O2/c22-15-7-5-6-14(12-15)20(26)23-13-19-17-10-3-4-11-18(17)21(27)25(24-19)16-8-1-2-9-16/h3-7,10-12,16H,1-2,8-9,13H2,(H,23,26). The number of hydrogen-bond acceptors (Lipinski definition) is 3. The van der Waals surface area contributed by atoms with Crippen LogP contribution in [0.25, 0.3) is 10.8 Å². The molecule has 1 aliphatic carbocycles. The van der Waals surface area contributed by atoms with Crippen LogP contribution in [0.15, 0.2) is 53.3 Å². The van der Waals surface area contributed by atoms with E-state index in [1.165, 1.54) is 0 Å². The average molecular weight is 382 g/mol. The third-order valence-electron chi connectivity index (χ3n) is 5.08. The maximum Gasteiger partial charge on any atom is 0.274 e. The van der Waals surface area contributed by atoms with Crippen LogP contribution in [0.4, 0.5) is 0 Å². The summed E-state index contributed by atoms with van der Waals surface area (Å²) < 4.78 is 1.62. The number of halogens is 1. The van der Waals surface area contributed by atoms with E-state index in [-0.39, 0.29) is 24.1 Å². The third-order valence-corrected chi connectivity index (χ3v) is 5.31. The van der Waals surface area contributed by atoms with Gasteiger partial charge in [0, 0.05) is 16.0 Å². The first-order chi connectivity index (χ1) is 13.1. The lowest BCUT2D eigenvalue weighted by atomic mass is 10.1. The van der Waals surface area contributed by atoms with Gasteiger partial charge in [0.1, 0.15) is 0 Å². The fourth-order valence-electron chi connectivity index (χ4n) is 3.70. The van der Waals surface area contributed by atoms with Crippen molar-refractivity contribution in [1.29, 1.82) is 0 Å². The first kappa shape index (κ1) is 17.7. The molecular formula is C21H20ClN3O2. The fourth-order valence-corrected chi connectivity index (χ4v) is 3.89. The molecule has 1 fully saturated rings. The van der Waals surface area contributed by atoms with E-state index in [1.54, 1.807) is 28.9 Å². The van der Waals surface area contributed by atoms with Gasteiger partial charge in [0.25, 0.3) is 11.5 Å². The van der Waals surface area contributed by atoms with Crippen LogP contribution < -0.4 is 10.9 Å². The number of carbonyl (C=O) groups excluding carboxylic acids is 1. The van der Waals surface area contributed by atoms with E-state index in [2.05, 4.69) is 10.4 Å². The van der Waals surface area contributed by atoms with Crippen molar-refractivity contribution in [3.8, 4) is 0 Å². The second kappa shape index (κ2) is 7.53. The molecule has 1 aliphatic rings. The van der Waals surface area contributed by atoms with Gasteiger partial charge in [-0.1, -0.05) is 48.7 Å². The van der Waals surface area contributed by atoms with Gasteiger partial charge in [0.15, 0.2) is 0 Å². The van der Waals surface area contributed by atoms with Crippen molar-refractivity contribution in [2.75, 3.05) is 0 Å². The van der Waals surface area contributed by atoms with Crippen molar-refractivity contribution < 1.29 is 4.79 Å². The molecule has 1 amide bonds. The summed E-state index contributed by atoms with van der Waals surface area (Å²) in [6, 6.07) is 14.4. The summed E-state index contributed by atoms with van der Waals surface area (Å²) in [6.45, 7) is 0.249. The molecule has 0 saturated heterocycles. The highest BCUT2D eigenvalue weighted by Gasteiger charge is 2.21. The summed E-state index contributed by atoms with van der Waals surface area (Å²) in [5.74, 6) is -0.220. The largest absolute Gasteiger partial charge is 0.346 e.